The second-order valence-electron chi connectivity index (χ2n) is 6.45. The van der Waals surface area contributed by atoms with Gasteiger partial charge in [-0.1, -0.05) is 20.8 Å². The molecule has 1 aromatic heterocycles. The fourth-order valence-electron chi connectivity index (χ4n) is 1.92. The molecule has 0 aliphatic heterocycles. The van der Waals surface area contributed by atoms with Crippen LogP contribution in [0, 0.1) is 0 Å². The second kappa shape index (κ2) is 4.75. The van der Waals surface area contributed by atoms with E-state index in [9.17, 15) is 4.79 Å². The molecule has 0 aliphatic carbocycles. The third-order valence-corrected chi connectivity index (χ3v) is 2.67. The molecule has 0 aromatic carbocycles. The summed E-state index contributed by atoms with van der Waals surface area (Å²) in [5.41, 5.74) is 1.08. The van der Waals surface area contributed by atoms with Crippen LogP contribution in [-0.2, 0) is 15.7 Å². The van der Waals surface area contributed by atoms with Crippen molar-refractivity contribution in [2.45, 2.75) is 59.4 Å². The number of aromatic nitrogens is 2. The van der Waals surface area contributed by atoms with Crippen LogP contribution < -0.4 is 0 Å². The minimum atomic E-state index is -0.342. The van der Waals surface area contributed by atoms with Crippen molar-refractivity contribution in [1.29, 1.82) is 0 Å². The number of carbonyl (C=O) groups is 1. The van der Waals surface area contributed by atoms with Crippen LogP contribution in [-0.4, -0.2) is 22.1 Å². The number of nitrogens with zero attached hydrogens (tertiary/aromatic N) is 2. The maximum atomic E-state index is 12.0. The second-order valence-corrected chi connectivity index (χ2v) is 6.45. The van der Waals surface area contributed by atoms with Crippen molar-refractivity contribution in [1.82, 2.24) is 9.55 Å². The van der Waals surface area contributed by atoms with E-state index in [0.717, 1.165) is 5.69 Å². The highest BCUT2D eigenvalue weighted by atomic mass is 16.5. The average Bonchev–Trinajstić information content (AvgIpc) is 2.60. The van der Waals surface area contributed by atoms with Crippen LogP contribution in [0.1, 0.15) is 64.6 Å². The van der Waals surface area contributed by atoms with Gasteiger partial charge in [-0.05, 0) is 27.7 Å². The predicted molar refractivity (Wildman–Crippen MR) is 71.9 cm³/mol. The van der Waals surface area contributed by atoms with Crippen LogP contribution in [0.5, 0.6) is 0 Å². The largest absolute Gasteiger partial charge is 0.461 e. The maximum absolute atomic E-state index is 12.0. The lowest BCUT2D eigenvalue weighted by atomic mass is 9.89. The fraction of sp³-hybridized carbons (Fsp3) is 0.714. The Kier molecular flexibility index (Phi) is 3.89. The Morgan fingerprint density at radius 3 is 2.22 bits per heavy atom. The number of hydrogen-bond donors (Lipinski definition) is 0. The Morgan fingerprint density at radius 1 is 1.28 bits per heavy atom. The van der Waals surface area contributed by atoms with Crippen LogP contribution in [0.2, 0.25) is 0 Å². The molecule has 1 rings (SSSR count). The van der Waals surface area contributed by atoms with Crippen LogP contribution >= 0.6 is 0 Å². The zero-order chi connectivity index (χ0) is 14.1. The Bertz CT molecular complexity index is 434. The van der Waals surface area contributed by atoms with Gasteiger partial charge in [0.25, 0.3) is 0 Å². The monoisotopic (exact) mass is 252 g/mol. The fourth-order valence-corrected chi connectivity index (χ4v) is 1.92. The van der Waals surface area contributed by atoms with E-state index in [1.54, 1.807) is 13.3 Å². The summed E-state index contributed by atoms with van der Waals surface area (Å²) in [4.78, 5) is 16.2. The summed E-state index contributed by atoms with van der Waals surface area (Å²) in [5.74, 6) is -0.342. The van der Waals surface area contributed by atoms with Gasteiger partial charge in [0, 0.05) is 11.0 Å². The number of hydrogen-bond acceptors (Lipinski definition) is 3. The summed E-state index contributed by atoms with van der Waals surface area (Å²) < 4.78 is 7.13. The number of rotatable bonds is 2. The van der Waals surface area contributed by atoms with Crippen molar-refractivity contribution in [2.24, 2.45) is 0 Å². The molecule has 0 amide bonds. The first-order chi connectivity index (χ1) is 8.09. The molecule has 1 heterocycles. The van der Waals surface area contributed by atoms with E-state index in [0.29, 0.717) is 12.3 Å². The van der Waals surface area contributed by atoms with E-state index in [2.05, 4.69) is 51.1 Å². The van der Waals surface area contributed by atoms with Crippen molar-refractivity contribution in [3.05, 3.63) is 17.7 Å². The summed E-state index contributed by atoms with van der Waals surface area (Å²) in [7, 11) is 0. The first-order valence-electron chi connectivity index (χ1n) is 6.34. The molecule has 0 saturated carbocycles. The first-order valence-corrected chi connectivity index (χ1v) is 6.34. The molecule has 0 fully saturated rings. The molecule has 0 atom stereocenters. The molecule has 0 aliphatic rings. The summed E-state index contributed by atoms with van der Waals surface area (Å²) in [5, 5.41) is 0. The van der Waals surface area contributed by atoms with E-state index in [-0.39, 0.29) is 16.9 Å². The molecule has 0 saturated heterocycles. The molecule has 0 radical (unpaired) electrons. The van der Waals surface area contributed by atoms with Gasteiger partial charge < -0.3 is 9.30 Å². The lowest BCUT2D eigenvalue weighted by Crippen LogP contribution is -2.30. The number of ether oxygens (including phenoxy) is 1. The van der Waals surface area contributed by atoms with Crippen molar-refractivity contribution < 1.29 is 9.53 Å². The molecule has 1 aromatic rings. The van der Waals surface area contributed by atoms with E-state index in [4.69, 9.17) is 4.74 Å². The Hall–Kier alpha value is -1.32. The molecule has 102 valence electrons. The molecule has 0 unspecified atom stereocenters. The molecule has 18 heavy (non-hydrogen) atoms. The number of imidazole rings is 1. The predicted octanol–water partition coefficient (Wildman–Crippen LogP) is 3.11. The zero-order valence-electron chi connectivity index (χ0n) is 12.5. The van der Waals surface area contributed by atoms with Gasteiger partial charge in [-0.3, -0.25) is 0 Å². The Balaban J connectivity index is 3.39. The molecular formula is C14H24N2O2. The van der Waals surface area contributed by atoms with E-state index in [1.807, 2.05) is 0 Å². The third kappa shape index (κ3) is 2.92. The summed E-state index contributed by atoms with van der Waals surface area (Å²) in [6.45, 7) is 14.7. The van der Waals surface area contributed by atoms with Crippen LogP contribution in [0.15, 0.2) is 6.33 Å². The van der Waals surface area contributed by atoms with Gasteiger partial charge in [-0.25, -0.2) is 9.78 Å². The quantitative estimate of drug-likeness (QED) is 0.760. The summed E-state index contributed by atoms with van der Waals surface area (Å²) in [6.07, 6.45) is 1.73. The molecule has 0 bridgehead atoms. The highest BCUT2D eigenvalue weighted by Crippen LogP contribution is 2.30. The molecule has 4 nitrogen and oxygen atoms in total. The lowest BCUT2D eigenvalue weighted by molar-refractivity contribution is 0.0516. The third-order valence-electron chi connectivity index (χ3n) is 2.67. The first kappa shape index (κ1) is 14.7. The lowest BCUT2D eigenvalue weighted by Gasteiger charge is -2.30. The standard InChI is InChI=1S/C14H24N2O2/c1-8-18-12(17)10-11(13(2,3)4)16(9-15-10)14(5,6)7/h9H,8H2,1-7H3. The highest BCUT2D eigenvalue weighted by Gasteiger charge is 2.31. The minimum Gasteiger partial charge on any atom is -0.461 e. The van der Waals surface area contributed by atoms with Gasteiger partial charge in [-0.15, -0.1) is 0 Å². The molecule has 4 heteroatoms. The van der Waals surface area contributed by atoms with Crippen molar-refractivity contribution in [2.75, 3.05) is 6.61 Å². The highest BCUT2D eigenvalue weighted by molar-refractivity contribution is 5.89. The van der Waals surface area contributed by atoms with Crippen molar-refractivity contribution >= 4 is 5.97 Å². The van der Waals surface area contributed by atoms with E-state index >= 15 is 0 Å². The molecular weight excluding hydrogens is 228 g/mol. The van der Waals surface area contributed by atoms with Gasteiger partial charge in [-0.2, -0.15) is 0 Å². The number of esters is 1. The van der Waals surface area contributed by atoms with Gasteiger partial charge in [0.1, 0.15) is 0 Å². The molecule has 0 spiro atoms. The zero-order valence-corrected chi connectivity index (χ0v) is 12.5. The minimum absolute atomic E-state index is 0.111. The average molecular weight is 252 g/mol. The van der Waals surface area contributed by atoms with Crippen LogP contribution in [0.25, 0.3) is 0 Å². The summed E-state index contributed by atoms with van der Waals surface area (Å²) >= 11 is 0. The topological polar surface area (TPSA) is 44.1 Å². The van der Waals surface area contributed by atoms with E-state index in [1.165, 1.54) is 0 Å². The molecule has 0 N–H and O–H groups in total. The van der Waals surface area contributed by atoms with Gasteiger partial charge >= 0.3 is 5.97 Å². The van der Waals surface area contributed by atoms with Gasteiger partial charge in [0.15, 0.2) is 5.69 Å². The smallest absolute Gasteiger partial charge is 0.358 e. The maximum Gasteiger partial charge on any atom is 0.358 e. The number of carbonyl (C=O) groups excluding carboxylic acids is 1. The van der Waals surface area contributed by atoms with Crippen LogP contribution in [0.4, 0.5) is 0 Å². The summed E-state index contributed by atoms with van der Waals surface area (Å²) in [6, 6.07) is 0. The SMILES string of the molecule is CCOC(=O)c1ncn(C(C)(C)C)c1C(C)(C)C. The Morgan fingerprint density at radius 2 is 1.83 bits per heavy atom. The van der Waals surface area contributed by atoms with E-state index < -0.39 is 0 Å². The van der Waals surface area contributed by atoms with Crippen molar-refractivity contribution in [3.63, 3.8) is 0 Å². The normalized spacial score (nSPS) is 12.6. The van der Waals surface area contributed by atoms with Crippen LogP contribution in [0.3, 0.4) is 0 Å². The van der Waals surface area contributed by atoms with Crippen molar-refractivity contribution in [3.8, 4) is 0 Å². The van der Waals surface area contributed by atoms with Gasteiger partial charge in [0.2, 0.25) is 0 Å². The van der Waals surface area contributed by atoms with Gasteiger partial charge in [0.05, 0.1) is 18.6 Å². The Labute approximate surface area is 109 Å².